The predicted octanol–water partition coefficient (Wildman–Crippen LogP) is 4.47. The first-order valence-electron chi connectivity index (χ1n) is 11.4. The number of amides is 2. The zero-order valence-corrected chi connectivity index (χ0v) is 19.0. The Morgan fingerprint density at radius 2 is 1.50 bits per heavy atom. The largest absolute Gasteiger partial charge is 0.489 e. The number of hydrogen-bond donors (Lipinski definition) is 1. The highest BCUT2D eigenvalue weighted by Crippen LogP contribution is 2.19. The van der Waals surface area contributed by atoms with Crippen molar-refractivity contribution in [2.24, 2.45) is 0 Å². The highest BCUT2D eigenvalue weighted by atomic mass is 19.1. The second kappa shape index (κ2) is 11.3. The van der Waals surface area contributed by atoms with Gasteiger partial charge in [0.1, 0.15) is 18.2 Å². The van der Waals surface area contributed by atoms with E-state index >= 15 is 0 Å². The number of halogens is 1. The quantitative estimate of drug-likeness (QED) is 0.538. The third-order valence-corrected chi connectivity index (χ3v) is 5.78. The van der Waals surface area contributed by atoms with Gasteiger partial charge in [0.2, 0.25) is 11.8 Å². The Kier molecular flexibility index (Phi) is 7.75. The van der Waals surface area contributed by atoms with Gasteiger partial charge in [0.15, 0.2) is 0 Å². The fourth-order valence-electron chi connectivity index (χ4n) is 3.84. The zero-order valence-electron chi connectivity index (χ0n) is 19.0. The molecule has 2 amide bonds. The number of nitrogens with one attached hydrogen (secondary N) is 1. The third kappa shape index (κ3) is 6.57. The molecule has 176 valence electrons. The average molecular weight is 462 g/mol. The minimum Gasteiger partial charge on any atom is -0.489 e. The summed E-state index contributed by atoms with van der Waals surface area (Å²) in [5.41, 5.74) is 2.70. The summed E-state index contributed by atoms with van der Waals surface area (Å²) >= 11 is 0. The number of hydrogen-bond acceptors (Lipinski definition) is 4. The molecule has 4 rings (SSSR count). The second-order valence-corrected chi connectivity index (χ2v) is 8.19. The SMILES string of the molecule is O=C(CCC(=O)N1CCN(c2ccc(F)cc2)CC1)Nc1ccc(OCc2ccccc2)cc1. The van der Waals surface area contributed by atoms with Gasteiger partial charge < -0.3 is 19.9 Å². The summed E-state index contributed by atoms with van der Waals surface area (Å²) in [6.45, 7) is 3.02. The van der Waals surface area contributed by atoms with Crippen molar-refractivity contribution in [2.45, 2.75) is 19.4 Å². The van der Waals surface area contributed by atoms with Crippen LogP contribution in [0.15, 0.2) is 78.9 Å². The topological polar surface area (TPSA) is 61.9 Å². The van der Waals surface area contributed by atoms with E-state index in [1.54, 1.807) is 29.2 Å². The zero-order chi connectivity index (χ0) is 23.8. The number of nitrogens with zero attached hydrogens (tertiary/aromatic N) is 2. The Morgan fingerprint density at radius 1 is 0.824 bits per heavy atom. The van der Waals surface area contributed by atoms with Crippen molar-refractivity contribution in [1.82, 2.24) is 4.90 Å². The lowest BCUT2D eigenvalue weighted by Gasteiger charge is -2.36. The first-order chi connectivity index (χ1) is 16.6. The van der Waals surface area contributed by atoms with E-state index in [-0.39, 0.29) is 30.5 Å². The first-order valence-corrected chi connectivity index (χ1v) is 11.4. The van der Waals surface area contributed by atoms with Crippen molar-refractivity contribution in [3.05, 3.63) is 90.2 Å². The maximum atomic E-state index is 13.1. The van der Waals surface area contributed by atoms with Crippen molar-refractivity contribution >= 4 is 23.2 Å². The van der Waals surface area contributed by atoms with Crippen LogP contribution in [0, 0.1) is 5.82 Å². The number of piperazine rings is 1. The standard InChI is InChI=1S/C27H28FN3O3/c28-22-6-10-24(11-7-22)30-16-18-31(19-17-30)27(33)15-14-26(32)29-23-8-12-25(13-9-23)34-20-21-4-2-1-3-5-21/h1-13H,14-20H2,(H,29,32). The third-order valence-electron chi connectivity index (χ3n) is 5.78. The molecule has 0 bridgehead atoms. The predicted molar refractivity (Wildman–Crippen MR) is 130 cm³/mol. The molecule has 3 aromatic carbocycles. The van der Waals surface area contributed by atoms with E-state index in [4.69, 9.17) is 4.74 Å². The summed E-state index contributed by atoms with van der Waals surface area (Å²) < 4.78 is 18.9. The van der Waals surface area contributed by atoms with Crippen molar-refractivity contribution in [1.29, 1.82) is 0 Å². The highest BCUT2D eigenvalue weighted by Gasteiger charge is 2.21. The van der Waals surface area contributed by atoms with Gasteiger partial charge in [0.25, 0.3) is 0 Å². The number of carbonyl (C=O) groups excluding carboxylic acids is 2. The van der Waals surface area contributed by atoms with E-state index in [9.17, 15) is 14.0 Å². The van der Waals surface area contributed by atoms with Crippen LogP contribution in [0.2, 0.25) is 0 Å². The number of carbonyl (C=O) groups is 2. The summed E-state index contributed by atoms with van der Waals surface area (Å²) in [6.07, 6.45) is 0.296. The Morgan fingerprint density at radius 3 is 2.18 bits per heavy atom. The Hall–Kier alpha value is -3.87. The Labute approximate surface area is 198 Å². The van der Waals surface area contributed by atoms with Crippen molar-refractivity contribution in [2.75, 3.05) is 36.4 Å². The molecule has 6 nitrogen and oxygen atoms in total. The lowest BCUT2D eigenvalue weighted by Crippen LogP contribution is -2.48. The van der Waals surface area contributed by atoms with Gasteiger partial charge in [-0.3, -0.25) is 9.59 Å². The van der Waals surface area contributed by atoms with Crippen LogP contribution in [0.5, 0.6) is 5.75 Å². The summed E-state index contributed by atoms with van der Waals surface area (Å²) in [4.78, 5) is 28.8. The summed E-state index contributed by atoms with van der Waals surface area (Å²) in [5, 5.41) is 2.83. The van der Waals surface area contributed by atoms with Crippen LogP contribution in [0.1, 0.15) is 18.4 Å². The van der Waals surface area contributed by atoms with Gasteiger partial charge in [0, 0.05) is 50.4 Å². The van der Waals surface area contributed by atoms with Gasteiger partial charge in [-0.1, -0.05) is 30.3 Å². The highest BCUT2D eigenvalue weighted by molar-refractivity contribution is 5.93. The van der Waals surface area contributed by atoms with Gasteiger partial charge in [0.05, 0.1) is 0 Å². The van der Waals surface area contributed by atoms with Crippen LogP contribution in [0.4, 0.5) is 15.8 Å². The van der Waals surface area contributed by atoms with E-state index in [1.165, 1.54) is 12.1 Å². The van der Waals surface area contributed by atoms with Crippen molar-refractivity contribution < 1.29 is 18.7 Å². The lowest BCUT2D eigenvalue weighted by atomic mass is 10.2. The normalized spacial score (nSPS) is 13.4. The van der Waals surface area contributed by atoms with Crippen LogP contribution in [0.3, 0.4) is 0 Å². The lowest BCUT2D eigenvalue weighted by molar-refractivity contribution is -0.133. The van der Waals surface area contributed by atoms with E-state index in [2.05, 4.69) is 10.2 Å². The molecule has 1 aliphatic heterocycles. The molecule has 0 aromatic heterocycles. The first kappa shape index (κ1) is 23.3. The molecule has 0 aliphatic carbocycles. The molecule has 34 heavy (non-hydrogen) atoms. The molecular weight excluding hydrogens is 433 g/mol. The molecule has 1 heterocycles. The minimum absolute atomic E-state index is 0.0291. The van der Waals surface area contributed by atoms with Crippen LogP contribution in [-0.4, -0.2) is 42.9 Å². The minimum atomic E-state index is -0.261. The van der Waals surface area contributed by atoms with E-state index < -0.39 is 0 Å². The number of anilines is 2. The molecule has 1 aliphatic rings. The number of benzene rings is 3. The molecule has 1 saturated heterocycles. The maximum Gasteiger partial charge on any atom is 0.224 e. The fraction of sp³-hybridized carbons (Fsp3) is 0.259. The Bertz CT molecular complexity index is 1080. The number of ether oxygens (including phenoxy) is 1. The van der Waals surface area contributed by atoms with E-state index in [0.717, 1.165) is 17.0 Å². The van der Waals surface area contributed by atoms with E-state index in [1.807, 2.05) is 42.5 Å². The smallest absolute Gasteiger partial charge is 0.224 e. The number of rotatable bonds is 8. The molecule has 1 fully saturated rings. The average Bonchev–Trinajstić information content (AvgIpc) is 2.88. The van der Waals surface area contributed by atoms with Gasteiger partial charge >= 0.3 is 0 Å². The van der Waals surface area contributed by atoms with Crippen LogP contribution in [0.25, 0.3) is 0 Å². The molecule has 0 atom stereocenters. The monoisotopic (exact) mass is 461 g/mol. The maximum absolute atomic E-state index is 13.1. The molecule has 0 saturated carbocycles. The fourth-order valence-corrected chi connectivity index (χ4v) is 3.84. The van der Waals surface area contributed by atoms with Crippen LogP contribution < -0.4 is 15.0 Å². The van der Waals surface area contributed by atoms with Crippen LogP contribution in [-0.2, 0) is 16.2 Å². The summed E-state index contributed by atoms with van der Waals surface area (Å²) in [7, 11) is 0. The molecule has 0 radical (unpaired) electrons. The van der Waals surface area contributed by atoms with Crippen LogP contribution >= 0.6 is 0 Å². The molecule has 0 unspecified atom stereocenters. The van der Waals surface area contributed by atoms with Gasteiger partial charge in [-0.05, 0) is 54.1 Å². The molecule has 3 aromatic rings. The summed E-state index contributed by atoms with van der Waals surface area (Å²) in [6, 6.07) is 23.5. The van der Waals surface area contributed by atoms with Crippen molar-refractivity contribution in [3.8, 4) is 5.75 Å². The van der Waals surface area contributed by atoms with Gasteiger partial charge in [-0.25, -0.2) is 4.39 Å². The van der Waals surface area contributed by atoms with Gasteiger partial charge in [-0.2, -0.15) is 0 Å². The second-order valence-electron chi connectivity index (χ2n) is 8.19. The Balaban J connectivity index is 1.17. The van der Waals surface area contributed by atoms with Gasteiger partial charge in [-0.15, -0.1) is 0 Å². The molecular formula is C27H28FN3O3. The van der Waals surface area contributed by atoms with E-state index in [0.29, 0.717) is 38.5 Å². The van der Waals surface area contributed by atoms with Crippen molar-refractivity contribution in [3.63, 3.8) is 0 Å². The molecule has 1 N–H and O–H groups in total. The molecule has 0 spiro atoms. The molecule has 7 heteroatoms. The summed E-state index contributed by atoms with van der Waals surface area (Å²) in [5.74, 6) is 0.231.